The highest BCUT2D eigenvalue weighted by Gasteiger charge is 2.07. The molecule has 0 unspecified atom stereocenters. The van der Waals surface area contributed by atoms with E-state index in [2.05, 4.69) is 11.1 Å². The van der Waals surface area contributed by atoms with Crippen LogP contribution < -0.4 is 4.74 Å². The molecular formula is C14H14N2OS. The molecule has 0 radical (unpaired) electrons. The number of ether oxygens (including phenoxy) is 1. The molecule has 0 bridgehead atoms. The van der Waals surface area contributed by atoms with E-state index in [0.717, 1.165) is 28.4 Å². The number of nitrogens with zero attached hydrogens (tertiary/aromatic N) is 2. The molecular weight excluding hydrogens is 244 g/mol. The molecule has 92 valence electrons. The van der Waals surface area contributed by atoms with Crippen LogP contribution >= 0.6 is 11.3 Å². The first kappa shape index (κ1) is 12.6. The summed E-state index contributed by atoms with van der Waals surface area (Å²) in [7, 11) is 0. The first-order valence-corrected chi connectivity index (χ1v) is 6.57. The van der Waals surface area contributed by atoms with Crippen LogP contribution in [-0.2, 0) is 6.42 Å². The Kier molecular flexibility index (Phi) is 3.96. The molecule has 4 heteroatoms. The topological polar surface area (TPSA) is 45.9 Å². The molecule has 0 fully saturated rings. The van der Waals surface area contributed by atoms with Gasteiger partial charge in [-0.05, 0) is 25.5 Å². The summed E-state index contributed by atoms with van der Waals surface area (Å²) in [6.07, 6.45) is 0.738. The molecule has 0 N–H and O–H groups in total. The Balaban J connectivity index is 1.93. The van der Waals surface area contributed by atoms with Crippen molar-refractivity contribution in [3.05, 3.63) is 45.4 Å². The lowest BCUT2D eigenvalue weighted by atomic mass is 10.2. The van der Waals surface area contributed by atoms with E-state index in [4.69, 9.17) is 10.00 Å². The third-order valence-electron chi connectivity index (χ3n) is 2.61. The zero-order valence-electron chi connectivity index (χ0n) is 10.4. The molecule has 18 heavy (non-hydrogen) atoms. The fourth-order valence-corrected chi connectivity index (χ4v) is 2.47. The minimum absolute atomic E-state index is 0.586. The zero-order chi connectivity index (χ0) is 13.0. The van der Waals surface area contributed by atoms with Gasteiger partial charge < -0.3 is 4.74 Å². The average molecular weight is 258 g/mol. The first-order valence-electron chi connectivity index (χ1n) is 5.75. The molecule has 0 atom stereocenters. The van der Waals surface area contributed by atoms with E-state index in [9.17, 15) is 0 Å². The quantitative estimate of drug-likeness (QED) is 0.845. The number of hydrogen-bond donors (Lipinski definition) is 0. The van der Waals surface area contributed by atoms with Crippen molar-refractivity contribution in [3.63, 3.8) is 0 Å². The molecule has 0 aliphatic rings. The van der Waals surface area contributed by atoms with Gasteiger partial charge >= 0.3 is 0 Å². The van der Waals surface area contributed by atoms with E-state index in [1.54, 1.807) is 0 Å². The lowest BCUT2D eigenvalue weighted by molar-refractivity contribution is 0.319. The molecule has 3 nitrogen and oxygen atoms in total. The van der Waals surface area contributed by atoms with Crippen LogP contribution in [0.25, 0.3) is 0 Å². The Morgan fingerprint density at radius 3 is 2.78 bits per heavy atom. The summed E-state index contributed by atoms with van der Waals surface area (Å²) < 4.78 is 5.71. The van der Waals surface area contributed by atoms with Crippen LogP contribution in [0.5, 0.6) is 5.75 Å². The second-order valence-electron chi connectivity index (χ2n) is 4.00. The molecule has 1 aromatic heterocycles. The van der Waals surface area contributed by atoms with Gasteiger partial charge in [0.05, 0.1) is 17.3 Å². The minimum atomic E-state index is 0.586. The summed E-state index contributed by atoms with van der Waals surface area (Å²) in [5.41, 5.74) is 1.94. The Morgan fingerprint density at radius 1 is 1.33 bits per heavy atom. The molecule has 2 aromatic rings. The third-order valence-corrected chi connectivity index (χ3v) is 3.73. The lowest BCUT2D eigenvalue weighted by Gasteiger charge is -2.07. The van der Waals surface area contributed by atoms with Gasteiger partial charge in [-0.2, -0.15) is 5.26 Å². The highest BCUT2D eigenvalue weighted by molar-refractivity contribution is 7.12. The average Bonchev–Trinajstić information content (AvgIpc) is 2.72. The summed E-state index contributed by atoms with van der Waals surface area (Å²) in [6, 6.07) is 10.1. The van der Waals surface area contributed by atoms with Gasteiger partial charge in [-0.1, -0.05) is 18.2 Å². The van der Waals surface area contributed by atoms with Crippen molar-refractivity contribution < 1.29 is 4.74 Å². The molecule has 1 aromatic carbocycles. The molecule has 0 aliphatic carbocycles. The molecule has 1 heterocycles. The minimum Gasteiger partial charge on any atom is -0.493 e. The van der Waals surface area contributed by atoms with Gasteiger partial charge in [0.1, 0.15) is 16.7 Å². The van der Waals surface area contributed by atoms with Crippen LogP contribution in [0, 0.1) is 25.2 Å². The van der Waals surface area contributed by atoms with E-state index < -0.39 is 0 Å². The van der Waals surface area contributed by atoms with Gasteiger partial charge in [-0.3, -0.25) is 0 Å². The zero-order valence-corrected chi connectivity index (χ0v) is 11.3. The van der Waals surface area contributed by atoms with E-state index >= 15 is 0 Å². The van der Waals surface area contributed by atoms with Crippen molar-refractivity contribution in [1.29, 1.82) is 5.26 Å². The number of hydrogen-bond acceptors (Lipinski definition) is 4. The second kappa shape index (κ2) is 5.65. The van der Waals surface area contributed by atoms with Crippen LogP contribution in [-0.4, -0.2) is 11.6 Å². The van der Waals surface area contributed by atoms with Crippen molar-refractivity contribution in [2.24, 2.45) is 0 Å². The van der Waals surface area contributed by atoms with E-state index in [1.165, 1.54) is 11.3 Å². The maximum absolute atomic E-state index is 8.86. The van der Waals surface area contributed by atoms with Gasteiger partial charge in [-0.15, -0.1) is 11.3 Å². The first-order chi connectivity index (χ1) is 8.70. The number of para-hydroxylation sites is 1. The Hall–Kier alpha value is -1.86. The maximum atomic E-state index is 8.86. The molecule has 0 aliphatic heterocycles. The fourth-order valence-electron chi connectivity index (χ4n) is 1.63. The fraction of sp³-hybridized carbons (Fsp3) is 0.286. The van der Waals surface area contributed by atoms with Crippen LogP contribution in [0.4, 0.5) is 0 Å². The monoisotopic (exact) mass is 258 g/mol. The van der Waals surface area contributed by atoms with Crippen molar-refractivity contribution in [3.8, 4) is 11.8 Å². The second-order valence-corrected chi connectivity index (χ2v) is 5.08. The predicted molar refractivity (Wildman–Crippen MR) is 71.9 cm³/mol. The summed E-state index contributed by atoms with van der Waals surface area (Å²) in [6.45, 7) is 4.47. The number of benzene rings is 1. The highest BCUT2D eigenvalue weighted by atomic mass is 32.1. The number of thiazole rings is 1. The molecule has 2 rings (SSSR count). The molecule has 0 spiro atoms. The van der Waals surface area contributed by atoms with E-state index in [1.807, 2.05) is 38.1 Å². The van der Waals surface area contributed by atoms with Gasteiger partial charge in [0, 0.05) is 6.42 Å². The summed E-state index contributed by atoms with van der Waals surface area (Å²) in [5.74, 6) is 0.909. The Labute approximate surface area is 111 Å². The Bertz CT molecular complexity index is 584. The van der Waals surface area contributed by atoms with Gasteiger partial charge in [0.25, 0.3) is 0 Å². The van der Waals surface area contributed by atoms with Gasteiger partial charge in [0.15, 0.2) is 0 Å². The maximum Gasteiger partial charge on any atom is 0.127 e. The number of aromatic nitrogens is 1. The smallest absolute Gasteiger partial charge is 0.127 e. The third kappa shape index (κ3) is 2.88. The summed E-state index contributed by atoms with van der Waals surface area (Å²) >= 11 is 1.45. The molecule has 0 saturated carbocycles. The molecule has 0 amide bonds. The lowest BCUT2D eigenvalue weighted by Crippen LogP contribution is -2.02. The largest absolute Gasteiger partial charge is 0.493 e. The number of rotatable bonds is 4. The normalized spacial score (nSPS) is 10.1. The van der Waals surface area contributed by atoms with Gasteiger partial charge in [0.2, 0.25) is 0 Å². The standard InChI is InChI=1S/C14H14N2OS/c1-10-5-3-4-6-12(10)17-8-7-14-16-11(2)13(9-15)18-14/h3-6H,7-8H2,1-2H3. The summed E-state index contributed by atoms with van der Waals surface area (Å²) in [5, 5.41) is 9.82. The Morgan fingerprint density at radius 2 is 2.11 bits per heavy atom. The number of nitriles is 1. The van der Waals surface area contributed by atoms with Gasteiger partial charge in [-0.25, -0.2) is 4.98 Å². The summed E-state index contributed by atoms with van der Waals surface area (Å²) in [4.78, 5) is 5.05. The van der Waals surface area contributed by atoms with Crippen LogP contribution in [0.3, 0.4) is 0 Å². The van der Waals surface area contributed by atoms with Crippen LogP contribution in [0.1, 0.15) is 21.1 Å². The van der Waals surface area contributed by atoms with E-state index in [0.29, 0.717) is 11.5 Å². The van der Waals surface area contributed by atoms with Crippen LogP contribution in [0.15, 0.2) is 24.3 Å². The van der Waals surface area contributed by atoms with Crippen molar-refractivity contribution >= 4 is 11.3 Å². The van der Waals surface area contributed by atoms with Crippen LogP contribution in [0.2, 0.25) is 0 Å². The van der Waals surface area contributed by atoms with Crippen molar-refractivity contribution in [2.75, 3.05) is 6.61 Å². The SMILES string of the molecule is Cc1ccccc1OCCc1nc(C)c(C#N)s1. The van der Waals surface area contributed by atoms with E-state index in [-0.39, 0.29) is 0 Å². The molecule has 0 saturated heterocycles. The van der Waals surface area contributed by atoms with Crippen molar-refractivity contribution in [1.82, 2.24) is 4.98 Å². The highest BCUT2D eigenvalue weighted by Crippen LogP contribution is 2.19. The predicted octanol–water partition coefficient (Wildman–Crippen LogP) is 3.25. The number of aryl methyl sites for hydroxylation is 2. The van der Waals surface area contributed by atoms with Crippen molar-refractivity contribution in [2.45, 2.75) is 20.3 Å².